The monoisotopic (exact) mass is 161 g/mol. The maximum atomic E-state index is 9.49. The van der Waals surface area contributed by atoms with Crippen LogP contribution in [0.2, 0.25) is 0 Å². The highest BCUT2D eigenvalue weighted by atomic mass is 16.5. The third kappa shape index (κ3) is 26.5. The first-order valence-corrected chi connectivity index (χ1v) is 3.96. The molecule has 0 spiro atoms. The second-order valence-electron chi connectivity index (χ2n) is 1.90. The number of hydrogen-bond acceptors (Lipinski definition) is 3. The van der Waals surface area contributed by atoms with Crippen LogP contribution in [0.5, 0.6) is 0 Å². The molecule has 0 aromatic carbocycles. The second-order valence-corrected chi connectivity index (χ2v) is 1.90. The molecular weight excluding hydrogens is 144 g/mol. The van der Waals surface area contributed by atoms with Crippen molar-refractivity contribution in [2.24, 2.45) is 0 Å². The highest BCUT2D eigenvalue weighted by molar-refractivity contribution is 5.63. The Bertz CT molecular complexity index is 79.4. The fourth-order valence-corrected chi connectivity index (χ4v) is 0.408. The smallest absolute Gasteiger partial charge is 0.0437 e. The van der Waals surface area contributed by atoms with Gasteiger partial charge in [-0.2, -0.15) is 0 Å². The molecule has 0 rings (SSSR count). The minimum absolute atomic E-state index is 0.181. The summed E-state index contributed by atoms with van der Waals surface area (Å²) in [6.07, 6.45) is 0.850. The van der Waals surface area contributed by atoms with E-state index < -0.39 is 5.97 Å². The van der Waals surface area contributed by atoms with Gasteiger partial charge in [-0.1, -0.05) is 13.3 Å². The Labute approximate surface area is 68.4 Å². The van der Waals surface area contributed by atoms with Crippen LogP contribution in [0.4, 0.5) is 0 Å². The minimum Gasteiger partial charge on any atom is -0.550 e. The summed E-state index contributed by atoms with van der Waals surface area (Å²) in [5.74, 6) is -0.961. The highest BCUT2D eigenvalue weighted by Gasteiger charge is 1.75. The van der Waals surface area contributed by atoms with Crippen LogP contribution in [-0.4, -0.2) is 19.2 Å². The molecule has 3 nitrogen and oxygen atoms in total. The molecule has 0 aromatic heterocycles. The average molecular weight is 161 g/mol. The van der Waals surface area contributed by atoms with Gasteiger partial charge in [0.2, 0.25) is 0 Å². The molecule has 0 fully saturated rings. The van der Waals surface area contributed by atoms with Crippen LogP contribution in [0.25, 0.3) is 0 Å². The standard InChI is InChI=1S/C4H8O2.C4H10O/c1-2-3-4(5)6;1-3-5-4-2/h2-3H2,1H3,(H,5,6);3-4H2,1-2H3/p-1. The summed E-state index contributed by atoms with van der Waals surface area (Å²) in [6, 6.07) is 0. The molecule has 0 bridgehead atoms. The summed E-state index contributed by atoms with van der Waals surface area (Å²) in [5, 5.41) is 9.49. The molecule has 0 aromatic rings. The van der Waals surface area contributed by atoms with E-state index in [0.717, 1.165) is 13.2 Å². The van der Waals surface area contributed by atoms with Crippen molar-refractivity contribution in [1.82, 2.24) is 0 Å². The summed E-state index contributed by atoms with van der Waals surface area (Å²) < 4.78 is 4.83. The zero-order valence-electron chi connectivity index (χ0n) is 7.55. The maximum absolute atomic E-state index is 9.49. The Kier molecular flexibility index (Phi) is 14.4. The SMILES string of the molecule is CCCC(=O)[O-].CCOCC. The maximum Gasteiger partial charge on any atom is 0.0437 e. The number of carboxylic acid groups (broad SMARTS) is 1. The summed E-state index contributed by atoms with van der Waals surface area (Å²) in [7, 11) is 0. The lowest BCUT2D eigenvalue weighted by molar-refractivity contribution is -0.305. The van der Waals surface area contributed by atoms with Gasteiger partial charge in [0.25, 0.3) is 0 Å². The fourth-order valence-electron chi connectivity index (χ4n) is 0.408. The van der Waals surface area contributed by atoms with Crippen molar-refractivity contribution >= 4 is 5.97 Å². The molecule has 0 atom stereocenters. The van der Waals surface area contributed by atoms with Gasteiger partial charge in [0.15, 0.2) is 0 Å². The van der Waals surface area contributed by atoms with Crippen LogP contribution in [0.15, 0.2) is 0 Å². The normalized spacial score (nSPS) is 8.27. The molecule has 0 amide bonds. The Morgan fingerprint density at radius 1 is 1.27 bits per heavy atom. The van der Waals surface area contributed by atoms with E-state index in [-0.39, 0.29) is 6.42 Å². The van der Waals surface area contributed by atoms with Gasteiger partial charge in [0.1, 0.15) is 0 Å². The van der Waals surface area contributed by atoms with E-state index in [4.69, 9.17) is 4.74 Å². The van der Waals surface area contributed by atoms with E-state index in [9.17, 15) is 9.90 Å². The quantitative estimate of drug-likeness (QED) is 0.606. The van der Waals surface area contributed by atoms with Gasteiger partial charge in [-0.05, 0) is 20.3 Å². The number of rotatable bonds is 4. The zero-order valence-corrected chi connectivity index (χ0v) is 7.55. The van der Waals surface area contributed by atoms with E-state index in [1.807, 2.05) is 13.8 Å². The summed E-state index contributed by atoms with van der Waals surface area (Å²) in [4.78, 5) is 9.49. The van der Waals surface area contributed by atoms with Gasteiger partial charge in [0, 0.05) is 19.2 Å². The molecule has 0 saturated heterocycles. The molecule has 68 valence electrons. The number of hydrogen-bond donors (Lipinski definition) is 0. The Morgan fingerprint density at radius 3 is 1.73 bits per heavy atom. The van der Waals surface area contributed by atoms with E-state index >= 15 is 0 Å². The van der Waals surface area contributed by atoms with Gasteiger partial charge in [0.05, 0.1) is 0 Å². The van der Waals surface area contributed by atoms with Crippen molar-refractivity contribution in [1.29, 1.82) is 0 Å². The van der Waals surface area contributed by atoms with E-state index in [1.165, 1.54) is 0 Å². The zero-order chi connectivity index (χ0) is 9.11. The van der Waals surface area contributed by atoms with Crippen LogP contribution in [0.3, 0.4) is 0 Å². The number of carbonyl (C=O) groups is 1. The molecule has 0 aliphatic carbocycles. The van der Waals surface area contributed by atoms with Gasteiger partial charge in [-0.3, -0.25) is 0 Å². The van der Waals surface area contributed by atoms with E-state index in [2.05, 4.69) is 0 Å². The van der Waals surface area contributed by atoms with Crippen LogP contribution in [0.1, 0.15) is 33.6 Å². The lowest BCUT2D eigenvalue weighted by Crippen LogP contribution is -2.20. The predicted molar refractivity (Wildman–Crippen MR) is 42.1 cm³/mol. The summed E-state index contributed by atoms with van der Waals surface area (Å²) in [6.45, 7) is 7.47. The first-order valence-electron chi connectivity index (χ1n) is 3.96. The molecule has 3 heteroatoms. The van der Waals surface area contributed by atoms with Gasteiger partial charge < -0.3 is 14.6 Å². The molecule has 0 unspecified atom stereocenters. The first-order chi connectivity index (χ1) is 5.18. The van der Waals surface area contributed by atoms with Crippen molar-refractivity contribution < 1.29 is 14.6 Å². The molecule has 0 heterocycles. The molecule has 0 radical (unpaired) electrons. The summed E-state index contributed by atoms with van der Waals surface area (Å²) >= 11 is 0. The Morgan fingerprint density at radius 2 is 1.73 bits per heavy atom. The van der Waals surface area contributed by atoms with E-state index in [0.29, 0.717) is 6.42 Å². The van der Waals surface area contributed by atoms with E-state index in [1.54, 1.807) is 6.92 Å². The molecule has 11 heavy (non-hydrogen) atoms. The Balaban J connectivity index is 0. The van der Waals surface area contributed by atoms with Gasteiger partial charge in [-0.15, -0.1) is 0 Å². The third-order valence-electron chi connectivity index (χ3n) is 0.862. The van der Waals surface area contributed by atoms with Crippen molar-refractivity contribution in [3.63, 3.8) is 0 Å². The van der Waals surface area contributed by atoms with Crippen LogP contribution in [-0.2, 0) is 9.53 Å². The average Bonchev–Trinajstić information content (AvgIpc) is 1.90. The molecule has 0 aliphatic heterocycles. The van der Waals surface area contributed by atoms with Crippen molar-refractivity contribution in [2.75, 3.05) is 13.2 Å². The first kappa shape index (κ1) is 13.1. The van der Waals surface area contributed by atoms with Crippen LogP contribution in [0, 0.1) is 0 Å². The lowest BCUT2D eigenvalue weighted by Gasteiger charge is -1.92. The molecule has 0 N–H and O–H groups in total. The predicted octanol–water partition coefficient (Wildman–Crippen LogP) is 0.579. The Hall–Kier alpha value is -0.570. The number of aliphatic carboxylic acids is 1. The van der Waals surface area contributed by atoms with Crippen molar-refractivity contribution in [2.45, 2.75) is 33.6 Å². The number of ether oxygens (including phenoxy) is 1. The largest absolute Gasteiger partial charge is 0.550 e. The van der Waals surface area contributed by atoms with Gasteiger partial charge >= 0.3 is 0 Å². The topological polar surface area (TPSA) is 49.4 Å². The van der Waals surface area contributed by atoms with Crippen molar-refractivity contribution in [3.8, 4) is 0 Å². The summed E-state index contributed by atoms with van der Waals surface area (Å²) in [5.41, 5.74) is 0. The third-order valence-corrected chi connectivity index (χ3v) is 0.862. The lowest BCUT2D eigenvalue weighted by atomic mass is 10.4. The minimum atomic E-state index is -0.961. The van der Waals surface area contributed by atoms with Crippen LogP contribution >= 0.6 is 0 Å². The van der Waals surface area contributed by atoms with Crippen molar-refractivity contribution in [3.05, 3.63) is 0 Å². The molecular formula is C8H17O3-. The van der Waals surface area contributed by atoms with Gasteiger partial charge in [-0.25, -0.2) is 0 Å². The molecule has 0 aliphatic rings. The van der Waals surface area contributed by atoms with Crippen LogP contribution < -0.4 is 5.11 Å². The molecule has 0 saturated carbocycles. The highest BCUT2D eigenvalue weighted by Crippen LogP contribution is 1.79. The number of carbonyl (C=O) groups excluding carboxylic acids is 1. The fraction of sp³-hybridized carbons (Fsp3) is 0.875. The second kappa shape index (κ2) is 12.1. The number of carboxylic acids is 1.